The standard InChI is InChI=1S/C23H24N4O/c1-18-15-25-26(16-18)13-7-12-24-23(28)17-27-21-11-6-5-10-20(21)14-22(27)19-8-3-2-4-9-19/h2-6,8-11,14-16H,7,12-13,17H2,1H3,(H,24,28). The van der Waals surface area contributed by atoms with Crippen molar-refractivity contribution in [2.45, 2.75) is 26.4 Å². The van der Waals surface area contributed by atoms with Crippen LogP contribution in [0, 0.1) is 6.92 Å². The van der Waals surface area contributed by atoms with E-state index >= 15 is 0 Å². The molecule has 2 heterocycles. The highest BCUT2D eigenvalue weighted by Gasteiger charge is 2.13. The zero-order valence-corrected chi connectivity index (χ0v) is 16.0. The second-order valence-electron chi connectivity index (χ2n) is 7.02. The molecule has 0 bridgehead atoms. The summed E-state index contributed by atoms with van der Waals surface area (Å²) in [4.78, 5) is 12.6. The molecule has 0 radical (unpaired) electrons. The molecule has 5 nitrogen and oxygen atoms in total. The van der Waals surface area contributed by atoms with E-state index in [2.05, 4.69) is 45.3 Å². The highest BCUT2D eigenvalue weighted by atomic mass is 16.1. The van der Waals surface area contributed by atoms with Gasteiger partial charge in [0, 0.05) is 35.9 Å². The Kier molecular flexibility index (Phi) is 5.24. The molecule has 2 aromatic heterocycles. The molecule has 0 aliphatic heterocycles. The first-order chi connectivity index (χ1) is 13.7. The summed E-state index contributed by atoms with van der Waals surface area (Å²) in [6.07, 6.45) is 4.71. The van der Waals surface area contributed by atoms with E-state index in [0.717, 1.165) is 40.7 Å². The average molecular weight is 372 g/mol. The van der Waals surface area contributed by atoms with Gasteiger partial charge in [-0.25, -0.2) is 0 Å². The molecule has 4 aromatic rings. The third-order valence-corrected chi connectivity index (χ3v) is 4.83. The first kappa shape index (κ1) is 18.0. The Balaban J connectivity index is 1.45. The number of hydrogen-bond acceptors (Lipinski definition) is 2. The number of rotatable bonds is 7. The second-order valence-corrected chi connectivity index (χ2v) is 7.02. The van der Waals surface area contributed by atoms with Crippen molar-refractivity contribution in [2.24, 2.45) is 0 Å². The molecule has 0 spiro atoms. The number of carbonyl (C=O) groups excluding carboxylic acids is 1. The van der Waals surface area contributed by atoms with Gasteiger partial charge in [0.1, 0.15) is 6.54 Å². The van der Waals surface area contributed by atoms with E-state index in [-0.39, 0.29) is 5.91 Å². The molecule has 0 aliphatic carbocycles. The SMILES string of the molecule is Cc1cnn(CCCNC(=O)Cn2c(-c3ccccc3)cc3ccccc32)c1. The van der Waals surface area contributed by atoms with E-state index in [0.29, 0.717) is 13.1 Å². The lowest BCUT2D eigenvalue weighted by Crippen LogP contribution is -2.29. The summed E-state index contributed by atoms with van der Waals surface area (Å²) in [5, 5.41) is 8.45. The van der Waals surface area contributed by atoms with Gasteiger partial charge in [0.25, 0.3) is 0 Å². The lowest BCUT2D eigenvalue weighted by molar-refractivity contribution is -0.121. The van der Waals surface area contributed by atoms with Crippen LogP contribution < -0.4 is 5.32 Å². The third kappa shape index (κ3) is 3.98. The maximum absolute atomic E-state index is 12.6. The molecule has 4 rings (SSSR count). The Morgan fingerprint density at radius 1 is 1.07 bits per heavy atom. The first-order valence-electron chi connectivity index (χ1n) is 9.60. The van der Waals surface area contributed by atoms with Gasteiger partial charge in [-0.05, 0) is 36.6 Å². The van der Waals surface area contributed by atoms with Gasteiger partial charge in [-0.1, -0.05) is 48.5 Å². The van der Waals surface area contributed by atoms with Gasteiger partial charge in [-0.3, -0.25) is 9.48 Å². The molecule has 28 heavy (non-hydrogen) atoms. The molecule has 2 aromatic carbocycles. The van der Waals surface area contributed by atoms with E-state index in [1.54, 1.807) is 0 Å². The highest BCUT2D eigenvalue weighted by molar-refractivity contribution is 5.89. The fourth-order valence-electron chi connectivity index (χ4n) is 3.49. The number of carbonyl (C=O) groups is 1. The fraction of sp³-hybridized carbons (Fsp3) is 0.217. The topological polar surface area (TPSA) is 51.9 Å². The summed E-state index contributed by atoms with van der Waals surface area (Å²) in [5.41, 5.74) is 4.39. The minimum Gasteiger partial charge on any atom is -0.354 e. The molecule has 0 saturated carbocycles. The summed E-state index contributed by atoms with van der Waals surface area (Å²) >= 11 is 0. The predicted molar refractivity (Wildman–Crippen MR) is 112 cm³/mol. The third-order valence-electron chi connectivity index (χ3n) is 4.83. The van der Waals surface area contributed by atoms with Gasteiger partial charge in [0.2, 0.25) is 5.91 Å². The van der Waals surface area contributed by atoms with Crippen molar-refractivity contribution in [1.29, 1.82) is 0 Å². The summed E-state index contributed by atoms with van der Waals surface area (Å²) in [6.45, 7) is 3.77. The monoisotopic (exact) mass is 372 g/mol. The largest absolute Gasteiger partial charge is 0.354 e. The Morgan fingerprint density at radius 3 is 2.64 bits per heavy atom. The van der Waals surface area contributed by atoms with E-state index in [4.69, 9.17) is 0 Å². The molecule has 1 N–H and O–H groups in total. The molecular weight excluding hydrogens is 348 g/mol. The molecule has 0 aliphatic rings. The number of benzene rings is 2. The van der Waals surface area contributed by atoms with Crippen molar-refractivity contribution in [2.75, 3.05) is 6.54 Å². The fourth-order valence-corrected chi connectivity index (χ4v) is 3.49. The first-order valence-corrected chi connectivity index (χ1v) is 9.60. The van der Waals surface area contributed by atoms with Gasteiger partial charge in [-0.2, -0.15) is 5.10 Å². The van der Waals surface area contributed by atoms with Crippen LogP contribution in [0.5, 0.6) is 0 Å². The van der Waals surface area contributed by atoms with Crippen LogP contribution in [-0.2, 0) is 17.9 Å². The maximum atomic E-state index is 12.6. The maximum Gasteiger partial charge on any atom is 0.239 e. The number of aromatic nitrogens is 3. The average Bonchev–Trinajstić information content (AvgIpc) is 3.30. The van der Waals surface area contributed by atoms with Gasteiger partial charge in [0.05, 0.1) is 6.20 Å². The van der Waals surface area contributed by atoms with Crippen LogP contribution in [0.15, 0.2) is 73.1 Å². The number of nitrogens with zero attached hydrogens (tertiary/aromatic N) is 3. The molecule has 142 valence electrons. The summed E-state index contributed by atoms with van der Waals surface area (Å²) in [5.74, 6) is 0.0233. The van der Waals surface area contributed by atoms with Crippen molar-refractivity contribution in [3.8, 4) is 11.3 Å². The molecule has 0 unspecified atom stereocenters. The van der Waals surface area contributed by atoms with E-state index in [1.165, 1.54) is 0 Å². The van der Waals surface area contributed by atoms with Crippen LogP contribution in [0.3, 0.4) is 0 Å². The van der Waals surface area contributed by atoms with Crippen molar-refractivity contribution in [3.05, 3.63) is 78.6 Å². The number of nitrogens with one attached hydrogen (secondary N) is 1. The molecule has 1 amide bonds. The van der Waals surface area contributed by atoms with Crippen molar-refractivity contribution in [1.82, 2.24) is 19.7 Å². The molecule has 0 atom stereocenters. The van der Waals surface area contributed by atoms with E-state index in [1.807, 2.05) is 54.3 Å². The van der Waals surface area contributed by atoms with E-state index < -0.39 is 0 Å². The summed E-state index contributed by atoms with van der Waals surface area (Å²) in [7, 11) is 0. The van der Waals surface area contributed by atoms with Gasteiger partial charge in [0.15, 0.2) is 0 Å². The molecule has 5 heteroatoms. The van der Waals surface area contributed by atoms with Crippen molar-refractivity contribution >= 4 is 16.8 Å². The number of amides is 1. The summed E-state index contributed by atoms with van der Waals surface area (Å²) in [6, 6.07) is 20.5. The number of fused-ring (bicyclic) bond motifs is 1. The Morgan fingerprint density at radius 2 is 1.86 bits per heavy atom. The minimum atomic E-state index is 0.0233. The van der Waals surface area contributed by atoms with Gasteiger partial charge >= 0.3 is 0 Å². The lowest BCUT2D eigenvalue weighted by Gasteiger charge is -2.12. The Labute approximate surface area is 164 Å². The van der Waals surface area contributed by atoms with Gasteiger partial charge < -0.3 is 9.88 Å². The molecular formula is C23H24N4O. The predicted octanol–water partition coefficient (Wildman–Crippen LogP) is 4.02. The second kappa shape index (κ2) is 8.13. The smallest absolute Gasteiger partial charge is 0.239 e. The van der Waals surface area contributed by atoms with Crippen LogP contribution in [0.4, 0.5) is 0 Å². The zero-order valence-electron chi connectivity index (χ0n) is 16.0. The van der Waals surface area contributed by atoms with E-state index in [9.17, 15) is 4.79 Å². The van der Waals surface area contributed by atoms with Gasteiger partial charge in [-0.15, -0.1) is 0 Å². The number of hydrogen-bond donors (Lipinski definition) is 1. The van der Waals surface area contributed by atoms with Crippen LogP contribution in [0.1, 0.15) is 12.0 Å². The van der Waals surface area contributed by atoms with Crippen LogP contribution in [0.2, 0.25) is 0 Å². The van der Waals surface area contributed by atoms with Crippen molar-refractivity contribution < 1.29 is 4.79 Å². The Hall–Kier alpha value is -3.34. The summed E-state index contributed by atoms with van der Waals surface area (Å²) < 4.78 is 4.01. The lowest BCUT2D eigenvalue weighted by atomic mass is 10.1. The molecule has 0 saturated heterocycles. The number of para-hydroxylation sites is 1. The molecule has 0 fully saturated rings. The number of aryl methyl sites for hydroxylation is 2. The normalized spacial score (nSPS) is 11.0. The van der Waals surface area contributed by atoms with Crippen LogP contribution in [0.25, 0.3) is 22.2 Å². The quantitative estimate of drug-likeness (QED) is 0.498. The van der Waals surface area contributed by atoms with Crippen molar-refractivity contribution in [3.63, 3.8) is 0 Å². The van der Waals surface area contributed by atoms with Crippen LogP contribution in [-0.4, -0.2) is 26.8 Å². The minimum absolute atomic E-state index is 0.0233. The highest BCUT2D eigenvalue weighted by Crippen LogP contribution is 2.28. The Bertz CT molecular complexity index is 1080. The zero-order chi connectivity index (χ0) is 19.3. The van der Waals surface area contributed by atoms with Crippen LogP contribution >= 0.6 is 0 Å².